The third-order valence-corrected chi connectivity index (χ3v) is 6.15. The molecule has 0 atom stereocenters. The summed E-state index contributed by atoms with van der Waals surface area (Å²) in [5, 5.41) is 18.5. The van der Waals surface area contributed by atoms with Gasteiger partial charge in [-0.3, -0.25) is 9.36 Å². The van der Waals surface area contributed by atoms with Crippen LogP contribution >= 0.6 is 11.8 Å². The maximum atomic E-state index is 12.8. The van der Waals surface area contributed by atoms with Gasteiger partial charge in [-0.1, -0.05) is 17.8 Å². The second-order valence-electron chi connectivity index (χ2n) is 7.25. The van der Waals surface area contributed by atoms with E-state index < -0.39 is 0 Å². The third-order valence-electron chi connectivity index (χ3n) is 5.19. The number of allylic oxidation sites excluding steroid dienone is 1. The van der Waals surface area contributed by atoms with Gasteiger partial charge in [-0.05, 0) is 13.0 Å². The summed E-state index contributed by atoms with van der Waals surface area (Å²) < 4.78 is 12.9. The molecule has 3 aromatic heterocycles. The first-order valence-corrected chi connectivity index (χ1v) is 11.1. The zero-order valence-corrected chi connectivity index (χ0v) is 18.8. The molecule has 0 N–H and O–H groups in total. The molecule has 166 valence electrons. The van der Waals surface area contributed by atoms with Crippen LogP contribution in [0.15, 0.2) is 39.0 Å². The second kappa shape index (κ2) is 9.32. The van der Waals surface area contributed by atoms with E-state index in [1.165, 1.54) is 11.8 Å². The highest BCUT2D eigenvalue weighted by atomic mass is 32.2. The fourth-order valence-corrected chi connectivity index (χ4v) is 4.44. The van der Waals surface area contributed by atoms with Gasteiger partial charge in [-0.2, -0.15) is 5.26 Å². The van der Waals surface area contributed by atoms with Gasteiger partial charge in [-0.15, -0.1) is 16.8 Å². The molecule has 4 heterocycles. The van der Waals surface area contributed by atoms with Gasteiger partial charge in [0.25, 0.3) is 0 Å². The molecular formula is C21H23N7O3S. The molecule has 1 aliphatic rings. The van der Waals surface area contributed by atoms with Crippen molar-refractivity contribution >= 4 is 23.6 Å². The molecule has 11 heteroatoms. The minimum atomic E-state index is 0.0260. The molecule has 1 saturated heterocycles. The monoisotopic (exact) mass is 453 g/mol. The maximum absolute atomic E-state index is 12.8. The zero-order valence-electron chi connectivity index (χ0n) is 17.9. The summed E-state index contributed by atoms with van der Waals surface area (Å²) in [6, 6.07) is 3.91. The van der Waals surface area contributed by atoms with Gasteiger partial charge in [0.05, 0.1) is 17.6 Å². The minimum absolute atomic E-state index is 0.0260. The lowest BCUT2D eigenvalue weighted by Gasteiger charge is -2.34. The van der Waals surface area contributed by atoms with Crippen LogP contribution in [0.2, 0.25) is 0 Å². The van der Waals surface area contributed by atoms with E-state index in [2.05, 4.69) is 27.8 Å². The smallest absolute Gasteiger partial charge is 0.234 e. The third kappa shape index (κ3) is 4.27. The molecule has 0 aliphatic carbocycles. The molecule has 1 fully saturated rings. The quantitative estimate of drug-likeness (QED) is 0.393. The Balaban J connectivity index is 1.38. The Morgan fingerprint density at radius 3 is 2.75 bits per heavy atom. The van der Waals surface area contributed by atoms with Crippen molar-refractivity contribution in [2.75, 3.05) is 36.8 Å². The van der Waals surface area contributed by atoms with Crippen LogP contribution < -0.4 is 4.90 Å². The summed E-state index contributed by atoms with van der Waals surface area (Å²) >= 11 is 1.35. The maximum Gasteiger partial charge on any atom is 0.234 e. The SMILES string of the molecule is C=CCn1c(SCC(=O)N2CCN(c3oc(C)nc3C#N)CC2)nnc1-c1ccoc1C. The Morgan fingerprint density at radius 1 is 1.31 bits per heavy atom. The van der Waals surface area contributed by atoms with E-state index in [4.69, 9.17) is 8.83 Å². The van der Waals surface area contributed by atoms with Crippen LogP contribution in [-0.4, -0.2) is 62.5 Å². The molecule has 3 aromatic rings. The van der Waals surface area contributed by atoms with Crippen LogP contribution in [0.4, 0.5) is 5.88 Å². The summed E-state index contributed by atoms with van der Waals surface area (Å²) in [5.41, 5.74) is 1.15. The zero-order chi connectivity index (χ0) is 22.7. The van der Waals surface area contributed by atoms with Gasteiger partial charge in [-0.25, -0.2) is 4.98 Å². The predicted molar refractivity (Wildman–Crippen MR) is 118 cm³/mol. The lowest BCUT2D eigenvalue weighted by molar-refractivity contribution is -0.128. The van der Waals surface area contributed by atoms with Crippen LogP contribution in [0.5, 0.6) is 0 Å². The van der Waals surface area contributed by atoms with E-state index in [9.17, 15) is 10.1 Å². The van der Waals surface area contributed by atoms with Crippen LogP contribution in [0.25, 0.3) is 11.4 Å². The Labute approximate surface area is 189 Å². The average Bonchev–Trinajstić information content (AvgIpc) is 3.50. The van der Waals surface area contributed by atoms with Gasteiger partial charge in [0.15, 0.2) is 16.9 Å². The van der Waals surface area contributed by atoms with Crippen molar-refractivity contribution in [3.8, 4) is 17.5 Å². The lowest BCUT2D eigenvalue weighted by atomic mass is 10.2. The molecule has 1 aliphatic heterocycles. The Kier molecular flexibility index (Phi) is 6.32. The molecule has 1 amide bonds. The average molecular weight is 454 g/mol. The van der Waals surface area contributed by atoms with Crippen molar-refractivity contribution in [1.82, 2.24) is 24.6 Å². The number of hydrogen-bond donors (Lipinski definition) is 0. The number of amides is 1. The molecular weight excluding hydrogens is 430 g/mol. The summed E-state index contributed by atoms with van der Waals surface area (Å²) in [6.45, 7) is 10.2. The molecule has 0 saturated carbocycles. The number of carbonyl (C=O) groups excluding carboxylic acids is 1. The predicted octanol–water partition coefficient (Wildman–Crippen LogP) is 2.64. The van der Waals surface area contributed by atoms with Crippen molar-refractivity contribution in [3.63, 3.8) is 0 Å². The van der Waals surface area contributed by atoms with Gasteiger partial charge in [0.1, 0.15) is 11.8 Å². The first kappa shape index (κ1) is 21.7. The normalized spacial score (nSPS) is 13.9. The number of aryl methyl sites for hydroxylation is 2. The molecule has 0 spiro atoms. The lowest BCUT2D eigenvalue weighted by Crippen LogP contribution is -2.49. The number of nitriles is 1. The van der Waals surface area contributed by atoms with Crippen molar-refractivity contribution < 1.29 is 13.6 Å². The number of anilines is 1. The highest BCUT2D eigenvalue weighted by Crippen LogP contribution is 2.28. The number of nitrogens with zero attached hydrogens (tertiary/aromatic N) is 7. The van der Waals surface area contributed by atoms with E-state index in [-0.39, 0.29) is 17.4 Å². The Morgan fingerprint density at radius 2 is 2.09 bits per heavy atom. The highest BCUT2D eigenvalue weighted by molar-refractivity contribution is 7.99. The van der Waals surface area contributed by atoms with Gasteiger partial charge >= 0.3 is 0 Å². The van der Waals surface area contributed by atoms with Gasteiger partial charge in [0.2, 0.25) is 17.5 Å². The van der Waals surface area contributed by atoms with Crippen molar-refractivity contribution in [3.05, 3.63) is 42.3 Å². The van der Waals surface area contributed by atoms with E-state index in [1.807, 2.05) is 27.4 Å². The number of aromatic nitrogens is 4. The van der Waals surface area contributed by atoms with Crippen LogP contribution in [-0.2, 0) is 11.3 Å². The molecule has 32 heavy (non-hydrogen) atoms. The number of thioether (sulfide) groups is 1. The van der Waals surface area contributed by atoms with E-state index in [0.717, 1.165) is 11.3 Å². The van der Waals surface area contributed by atoms with E-state index in [1.54, 1.807) is 19.3 Å². The highest BCUT2D eigenvalue weighted by Gasteiger charge is 2.26. The van der Waals surface area contributed by atoms with E-state index >= 15 is 0 Å². The van der Waals surface area contributed by atoms with Gasteiger partial charge in [0, 0.05) is 39.6 Å². The van der Waals surface area contributed by atoms with Crippen LogP contribution in [0, 0.1) is 25.2 Å². The minimum Gasteiger partial charge on any atom is -0.469 e. The molecule has 0 unspecified atom stereocenters. The summed E-state index contributed by atoms with van der Waals surface area (Å²) in [4.78, 5) is 20.7. The van der Waals surface area contributed by atoms with Crippen LogP contribution in [0.1, 0.15) is 17.3 Å². The Hall–Kier alpha value is -3.52. The number of rotatable bonds is 7. The topological polar surface area (TPSA) is 117 Å². The number of carbonyl (C=O) groups is 1. The van der Waals surface area contributed by atoms with Crippen molar-refractivity contribution in [2.24, 2.45) is 0 Å². The molecule has 10 nitrogen and oxygen atoms in total. The van der Waals surface area contributed by atoms with Crippen molar-refractivity contribution in [1.29, 1.82) is 5.26 Å². The summed E-state index contributed by atoms with van der Waals surface area (Å²) in [5.74, 6) is 2.67. The largest absolute Gasteiger partial charge is 0.469 e. The van der Waals surface area contributed by atoms with Crippen LogP contribution in [0.3, 0.4) is 0 Å². The van der Waals surface area contributed by atoms with Crippen molar-refractivity contribution in [2.45, 2.75) is 25.5 Å². The fraction of sp³-hybridized carbons (Fsp3) is 0.381. The first-order chi connectivity index (χ1) is 15.5. The van der Waals surface area contributed by atoms with E-state index in [0.29, 0.717) is 55.5 Å². The number of oxazole rings is 1. The summed E-state index contributed by atoms with van der Waals surface area (Å²) in [6.07, 6.45) is 3.39. The molecule has 0 radical (unpaired) electrons. The number of furan rings is 1. The Bertz CT molecular complexity index is 1160. The molecule has 4 rings (SSSR count). The standard InChI is InChI=1S/C21H23N7O3S/c1-4-6-28-19(16-5-11-30-14(16)2)24-25-21(28)32-13-18(29)26-7-9-27(10-8-26)20-17(12-22)23-15(3)31-20/h4-5,11H,1,6-10,13H2,2-3H3. The van der Waals surface area contributed by atoms with Gasteiger partial charge < -0.3 is 18.6 Å². The first-order valence-electron chi connectivity index (χ1n) is 10.1. The summed E-state index contributed by atoms with van der Waals surface area (Å²) in [7, 11) is 0. The molecule has 0 bridgehead atoms. The number of piperazine rings is 1. The fourth-order valence-electron chi connectivity index (χ4n) is 3.59. The second-order valence-corrected chi connectivity index (χ2v) is 8.19. The molecule has 0 aromatic carbocycles. The number of hydrogen-bond acceptors (Lipinski definition) is 9.